The summed E-state index contributed by atoms with van der Waals surface area (Å²) in [7, 11) is 0. The third kappa shape index (κ3) is 4.06. The fourth-order valence-electron chi connectivity index (χ4n) is 4.61. The highest BCUT2D eigenvalue weighted by Gasteiger charge is 2.42. The van der Waals surface area contributed by atoms with Gasteiger partial charge in [-0.2, -0.15) is 13.9 Å². The van der Waals surface area contributed by atoms with Gasteiger partial charge >= 0.3 is 5.92 Å². The number of nitrogens with one attached hydrogen (secondary N) is 1. The molecule has 2 atom stereocenters. The summed E-state index contributed by atoms with van der Waals surface area (Å²) >= 11 is 0. The summed E-state index contributed by atoms with van der Waals surface area (Å²) in [5.74, 6) is -4.30. The first-order chi connectivity index (χ1) is 15.3. The van der Waals surface area contributed by atoms with Crippen molar-refractivity contribution in [3.8, 4) is 5.69 Å². The van der Waals surface area contributed by atoms with Gasteiger partial charge < -0.3 is 10.2 Å². The Kier molecular flexibility index (Phi) is 5.10. The van der Waals surface area contributed by atoms with Crippen LogP contribution in [-0.2, 0) is 4.79 Å². The molecule has 1 N–H and O–H groups in total. The van der Waals surface area contributed by atoms with Crippen LogP contribution < -0.4 is 10.2 Å². The van der Waals surface area contributed by atoms with Gasteiger partial charge in [-0.3, -0.25) is 4.79 Å². The van der Waals surface area contributed by atoms with Gasteiger partial charge in [0.05, 0.1) is 23.4 Å². The van der Waals surface area contributed by atoms with Crippen LogP contribution in [0.15, 0.2) is 48.7 Å². The van der Waals surface area contributed by atoms with Crippen molar-refractivity contribution in [1.29, 1.82) is 0 Å². The Balaban J connectivity index is 1.41. The zero-order valence-corrected chi connectivity index (χ0v) is 17.8. The monoisotopic (exact) mass is 442 g/mol. The van der Waals surface area contributed by atoms with Crippen molar-refractivity contribution in [2.75, 3.05) is 11.4 Å². The zero-order chi connectivity index (χ0) is 22.5. The number of aromatic nitrogens is 2. The second-order valence-electron chi connectivity index (χ2n) is 8.97. The number of carbonyl (C=O) groups excluding carboxylic acids is 1. The van der Waals surface area contributed by atoms with E-state index in [9.17, 15) is 18.0 Å². The van der Waals surface area contributed by atoms with Crippen LogP contribution in [0.25, 0.3) is 16.6 Å². The van der Waals surface area contributed by atoms with E-state index in [1.54, 1.807) is 23.0 Å². The smallest absolute Gasteiger partial charge is 0.321 e. The Morgan fingerprint density at radius 2 is 1.84 bits per heavy atom. The quantitative estimate of drug-likeness (QED) is 0.603. The van der Waals surface area contributed by atoms with Crippen molar-refractivity contribution in [1.82, 2.24) is 15.1 Å². The molecule has 1 amide bonds. The number of amides is 1. The van der Waals surface area contributed by atoms with Crippen molar-refractivity contribution in [3.63, 3.8) is 0 Å². The minimum atomic E-state index is -3.38. The van der Waals surface area contributed by atoms with E-state index in [1.165, 1.54) is 12.1 Å². The number of anilines is 1. The molecule has 2 fully saturated rings. The molecule has 0 unspecified atom stereocenters. The molecule has 1 aliphatic carbocycles. The van der Waals surface area contributed by atoms with Gasteiger partial charge in [0.15, 0.2) is 0 Å². The lowest BCUT2D eigenvalue weighted by Crippen LogP contribution is -2.49. The number of fused-ring (bicyclic) bond motifs is 1. The first-order valence-corrected chi connectivity index (χ1v) is 11.0. The minimum absolute atomic E-state index is 0.0154. The molecule has 0 spiro atoms. The summed E-state index contributed by atoms with van der Waals surface area (Å²) in [5.41, 5.74) is 2.65. The topological polar surface area (TPSA) is 50.2 Å². The summed E-state index contributed by atoms with van der Waals surface area (Å²) in [4.78, 5) is 14.2. The average molecular weight is 442 g/mol. The summed E-state index contributed by atoms with van der Waals surface area (Å²) in [6.45, 7) is 1.33. The number of alkyl halides is 2. The third-order valence-electron chi connectivity index (χ3n) is 6.49. The summed E-state index contributed by atoms with van der Waals surface area (Å²) < 4.78 is 42.0. The summed E-state index contributed by atoms with van der Waals surface area (Å²) in [5, 5.41) is 7.98. The maximum Gasteiger partial charge on any atom is 0.321 e. The second-order valence-corrected chi connectivity index (χ2v) is 8.97. The molecular formula is C24H25F3N4O. The van der Waals surface area contributed by atoms with Gasteiger partial charge in [-0.15, -0.1) is 0 Å². The fourth-order valence-corrected chi connectivity index (χ4v) is 4.61. The summed E-state index contributed by atoms with van der Waals surface area (Å²) in [6, 6.07) is 11.9. The number of hydrogen-bond donors (Lipinski definition) is 1. The molecule has 3 aromatic rings. The summed E-state index contributed by atoms with van der Waals surface area (Å²) in [6.07, 6.45) is 5.58. The van der Waals surface area contributed by atoms with E-state index in [-0.39, 0.29) is 17.9 Å². The number of halogens is 3. The molecule has 2 heterocycles. The second kappa shape index (κ2) is 7.83. The number of nitrogens with zero attached hydrogens (tertiary/aromatic N) is 3. The first kappa shape index (κ1) is 20.8. The fraction of sp³-hybridized carbons (Fsp3) is 0.417. The molecule has 168 valence electrons. The standard InChI is InChI=1S/C24H25F3N4O/c1-24(26,27)23(32)29-20-10-11-30(22(20)12-15-2-3-15)19-8-9-21-16(13-19)14-28-31(21)18-6-4-17(25)5-7-18/h4-9,13-15,20,22H,2-3,10-12H2,1H3,(H,29,32)/t20-,22-/m1/s1. The Morgan fingerprint density at radius 1 is 1.12 bits per heavy atom. The van der Waals surface area contributed by atoms with Gasteiger partial charge in [0, 0.05) is 30.6 Å². The molecule has 5 rings (SSSR count). The van der Waals surface area contributed by atoms with Crippen molar-refractivity contribution in [2.45, 2.75) is 50.6 Å². The maximum atomic E-state index is 13.5. The lowest BCUT2D eigenvalue weighted by atomic mass is 10.0. The lowest BCUT2D eigenvalue weighted by molar-refractivity contribution is -0.143. The van der Waals surface area contributed by atoms with Gasteiger partial charge in [-0.05, 0) is 61.2 Å². The van der Waals surface area contributed by atoms with Crippen LogP contribution in [0.1, 0.15) is 32.6 Å². The molecule has 2 aliphatic rings. The normalized spacial score (nSPS) is 21.3. The highest BCUT2D eigenvalue weighted by atomic mass is 19.3. The largest absolute Gasteiger partial charge is 0.366 e. The van der Waals surface area contributed by atoms with Crippen molar-refractivity contribution < 1.29 is 18.0 Å². The van der Waals surface area contributed by atoms with Crippen molar-refractivity contribution >= 4 is 22.5 Å². The van der Waals surface area contributed by atoms with E-state index in [0.29, 0.717) is 25.8 Å². The molecule has 8 heteroatoms. The Hall–Kier alpha value is -3.03. The molecule has 1 saturated heterocycles. The van der Waals surface area contributed by atoms with Gasteiger partial charge in [0.2, 0.25) is 0 Å². The lowest BCUT2D eigenvalue weighted by Gasteiger charge is -2.31. The number of carbonyl (C=O) groups is 1. The van der Waals surface area contributed by atoms with E-state index in [0.717, 1.165) is 41.5 Å². The predicted molar refractivity (Wildman–Crippen MR) is 117 cm³/mol. The molecule has 0 radical (unpaired) electrons. The highest BCUT2D eigenvalue weighted by Crippen LogP contribution is 2.39. The number of benzene rings is 2. The van der Waals surface area contributed by atoms with Crippen LogP contribution in [-0.4, -0.2) is 40.2 Å². The van der Waals surface area contributed by atoms with E-state index in [2.05, 4.69) is 15.3 Å². The molecule has 0 bridgehead atoms. The van der Waals surface area contributed by atoms with E-state index in [1.807, 2.05) is 18.2 Å². The Labute approximate surface area is 184 Å². The molecule has 1 aromatic heterocycles. The first-order valence-electron chi connectivity index (χ1n) is 11.0. The van der Waals surface area contributed by atoms with Crippen LogP contribution >= 0.6 is 0 Å². The molecule has 1 aliphatic heterocycles. The SMILES string of the molecule is CC(F)(F)C(=O)N[C@@H]1CCN(c2ccc3c(cnn3-c3ccc(F)cc3)c2)[C@@H]1CC1CC1. The number of hydrogen-bond acceptors (Lipinski definition) is 3. The van der Waals surface area contributed by atoms with Crippen molar-refractivity contribution in [3.05, 3.63) is 54.5 Å². The van der Waals surface area contributed by atoms with Gasteiger partial charge in [-0.25, -0.2) is 9.07 Å². The molecule has 2 aromatic carbocycles. The van der Waals surface area contributed by atoms with Gasteiger partial charge in [-0.1, -0.05) is 12.8 Å². The molecule has 5 nitrogen and oxygen atoms in total. The van der Waals surface area contributed by atoms with Crippen LogP contribution in [0.4, 0.5) is 18.9 Å². The van der Waals surface area contributed by atoms with Crippen LogP contribution in [0.3, 0.4) is 0 Å². The Morgan fingerprint density at radius 3 is 2.53 bits per heavy atom. The van der Waals surface area contributed by atoms with Crippen LogP contribution in [0.2, 0.25) is 0 Å². The third-order valence-corrected chi connectivity index (χ3v) is 6.49. The molecule has 1 saturated carbocycles. The van der Waals surface area contributed by atoms with Crippen molar-refractivity contribution in [2.24, 2.45) is 5.92 Å². The number of rotatable bonds is 6. The van der Waals surface area contributed by atoms with Gasteiger partial charge in [0.1, 0.15) is 5.82 Å². The van der Waals surface area contributed by atoms with Crippen LogP contribution in [0, 0.1) is 11.7 Å². The van der Waals surface area contributed by atoms with E-state index >= 15 is 0 Å². The highest BCUT2D eigenvalue weighted by molar-refractivity contribution is 5.85. The Bertz CT molecular complexity index is 1130. The van der Waals surface area contributed by atoms with E-state index in [4.69, 9.17) is 0 Å². The minimum Gasteiger partial charge on any atom is -0.366 e. The van der Waals surface area contributed by atoms with Crippen LogP contribution in [0.5, 0.6) is 0 Å². The maximum absolute atomic E-state index is 13.5. The van der Waals surface area contributed by atoms with Gasteiger partial charge in [0.25, 0.3) is 5.91 Å². The predicted octanol–water partition coefficient (Wildman–Crippen LogP) is 4.68. The molecule has 32 heavy (non-hydrogen) atoms. The van der Waals surface area contributed by atoms with E-state index < -0.39 is 11.8 Å². The molecular weight excluding hydrogens is 417 g/mol. The average Bonchev–Trinajstić information content (AvgIpc) is 3.34. The zero-order valence-electron chi connectivity index (χ0n) is 17.8.